The highest BCUT2D eigenvalue weighted by Crippen LogP contribution is 2.35. The van der Waals surface area contributed by atoms with Gasteiger partial charge >= 0.3 is 0 Å². The summed E-state index contributed by atoms with van der Waals surface area (Å²) in [6, 6.07) is 10.6. The number of hydrogen-bond donors (Lipinski definition) is 1. The van der Waals surface area contributed by atoms with Crippen LogP contribution in [0.2, 0.25) is 0 Å². The molecule has 0 aliphatic carbocycles. The normalized spacial score (nSPS) is 15.1. The van der Waals surface area contributed by atoms with Gasteiger partial charge in [-0.15, -0.1) is 11.3 Å². The van der Waals surface area contributed by atoms with Gasteiger partial charge in [-0.1, -0.05) is 45.0 Å². The highest BCUT2D eigenvalue weighted by Gasteiger charge is 2.17. The van der Waals surface area contributed by atoms with Gasteiger partial charge in [-0.25, -0.2) is 15.0 Å². The molecular formula is C23H28N6S. The Bertz CT molecular complexity index is 1060. The van der Waals surface area contributed by atoms with Crippen LogP contribution in [0, 0.1) is 6.92 Å². The van der Waals surface area contributed by atoms with E-state index in [9.17, 15) is 0 Å². The Morgan fingerprint density at radius 3 is 2.43 bits per heavy atom. The Morgan fingerprint density at radius 1 is 1.07 bits per heavy atom. The van der Waals surface area contributed by atoms with Gasteiger partial charge in [0.15, 0.2) is 5.96 Å². The van der Waals surface area contributed by atoms with Crippen LogP contribution in [0.5, 0.6) is 0 Å². The first-order valence-electron chi connectivity index (χ1n) is 10.3. The largest absolute Gasteiger partial charge is 0.369 e. The molecule has 2 aromatic heterocycles. The number of benzene rings is 1. The number of aryl methyl sites for hydroxylation is 1. The van der Waals surface area contributed by atoms with Crippen LogP contribution in [-0.4, -0.2) is 38.9 Å². The molecule has 1 aromatic carbocycles. The fourth-order valence-electron chi connectivity index (χ4n) is 3.52. The number of guanidine groups is 1. The minimum Gasteiger partial charge on any atom is -0.369 e. The van der Waals surface area contributed by atoms with Gasteiger partial charge in [-0.2, -0.15) is 4.99 Å². The minimum atomic E-state index is 0.136. The minimum absolute atomic E-state index is 0.136. The van der Waals surface area contributed by atoms with E-state index in [0.29, 0.717) is 11.9 Å². The molecule has 0 atom stereocenters. The van der Waals surface area contributed by atoms with Gasteiger partial charge in [0.2, 0.25) is 0 Å². The number of likely N-dealkylation sites (tertiary alicyclic amines) is 1. The summed E-state index contributed by atoms with van der Waals surface area (Å²) in [7, 11) is 0. The fourth-order valence-corrected chi connectivity index (χ4v) is 4.56. The van der Waals surface area contributed by atoms with E-state index < -0.39 is 0 Å². The molecule has 1 aliphatic rings. The highest BCUT2D eigenvalue weighted by molar-refractivity contribution is 7.18. The van der Waals surface area contributed by atoms with E-state index >= 15 is 0 Å². The third-order valence-corrected chi connectivity index (χ3v) is 6.54. The van der Waals surface area contributed by atoms with Crippen LogP contribution in [0.25, 0.3) is 21.1 Å². The van der Waals surface area contributed by atoms with E-state index in [4.69, 9.17) is 10.7 Å². The maximum atomic E-state index is 6.14. The van der Waals surface area contributed by atoms with Gasteiger partial charge in [-0.3, -0.25) is 0 Å². The molecule has 3 aromatic rings. The lowest BCUT2D eigenvalue weighted by Crippen LogP contribution is -2.34. The van der Waals surface area contributed by atoms with Crippen molar-refractivity contribution < 1.29 is 0 Å². The van der Waals surface area contributed by atoms with Gasteiger partial charge in [-0.05, 0) is 36.8 Å². The molecule has 0 radical (unpaired) electrons. The van der Waals surface area contributed by atoms with Crippen LogP contribution < -0.4 is 5.73 Å². The van der Waals surface area contributed by atoms with Crippen molar-refractivity contribution in [3.05, 3.63) is 47.8 Å². The van der Waals surface area contributed by atoms with Crippen molar-refractivity contribution in [1.82, 2.24) is 19.9 Å². The summed E-state index contributed by atoms with van der Waals surface area (Å²) < 4.78 is 0. The monoisotopic (exact) mass is 420 g/mol. The quantitative estimate of drug-likeness (QED) is 0.481. The van der Waals surface area contributed by atoms with Crippen LogP contribution in [0.3, 0.4) is 0 Å². The summed E-state index contributed by atoms with van der Waals surface area (Å²) in [6.07, 6.45) is 4.03. The third kappa shape index (κ3) is 4.36. The predicted molar refractivity (Wildman–Crippen MR) is 124 cm³/mol. The van der Waals surface area contributed by atoms with E-state index in [0.717, 1.165) is 52.8 Å². The predicted octanol–water partition coefficient (Wildman–Crippen LogP) is 4.92. The zero-order chi connectivity index (χ0) is 21.3. The molecule has 1 saturated heterocycles. The molecule has 2 N–H and O–H groups in total. The van der Waals surface area contributed by atoms with Crippen molar-refractivity contribution in [3.63, 3.8) is 0 Å². The molecule has 0 saturated carbocycles. The van der Waals surface area contributed by atoms with Crippen molar-refractivity contribution in [2.75, 3.05) is 13.1 Å². The summed E-state index contributed by atoms with van der Waals surface area (Å²) in [4.78, 5) is 21.3. The molecular weight excluding hydrogens is 392 g/mol. The van der Waals surface area contributed by atoms with Crippen LogP contribution in [-0.2, 0) is 5.41 Å². The van der Waals surface area contributed by atoms with Gasteiger partial charge in [0.1, 0.15) is 5.01 Å². The highest BCUT2D eigenvalue weighted by atomic mass is 32.1. The molecule has 0 amide bonds. The molecule has 30 heavy (non-hydrogen) atoms. The second-order valence-electron chi connectivity index (χ2n) is 8.67. The number of aliphatic imine (C=N–C) groups is 1. The van der Waals surface area contributed by atoms with E-state index in [1.54, 1.807) is 17.5 Å². The molecule has 3 heterocycles. The maximum Gasteiger partial charge on any atom is 0.253 e. The van der Waals surface area contributed by atoms with Gasteiger partial charge in [0.25, 0.3) is 5.95 Å². The van der Waals surface area contributed by atoms with Crippen molar-refractivity contribution in [1.29, 1.82) is 0 Å². The second kappa shape index (κ2) is 8.14. The standard InChI is InChI=1S/C23H28N6S/c1-15-19(30-20(26-15)16-7-9-17(10-8-16)23(2,3)4)18-11-12-25-22(27-18)28-21(24)29-13-5-6-14-29/h7-12H,5-6,13-14H2,1-4H3,(H2,24,25,27,28). The first kappa shape index (κ1) is 20.5. The topological polar surface area (TPSA) is 80.3 Å². The molecule has 6 nitrogen and oxygen atoms in total. The number of nitrogens with two attached hydrogens (primary N) is 1. The fraction of sp³-hybridized carbons (Fsp3) is 0.391. The first-order chi connectivity index (χ1) is 14.3. The van der Waals surface area contributed by atoms with E-state index in [2.05, 4.69) is 64.9 Å². The van der Waals surface area contributed by atoms with Crippen LogP contribution in [0.15, 0.2) is 41.5 Å². The number of thiazole rings is 1. The Morgan fingerprint density at radius 2 is 1.77 bits per heavy atom. The Kier molecular flexibility index (Phi) is 5.56. The molecule has 0 unspecified atom stereocenters. The van der Waals surface area contributed by atoms with Crippen LogP contribution in [0.1, 0.15) is 44.9 Å². The van der Waals surface area contributed by atoms with E-state index in [1.807, 2.05) is 13.0 Å². The van der Waals surface area contributed by atoms with Crippen molar-refractivity contribution in [2.24, 2.45) is 10.7 Å². The zero-order valence-electron chi connectivity index (χ0n) is 18.0. The molecule has 4 rings (SSSR count). The Hall–Kier alpha value is -2.80. The van der Waals surface area contributed by atoms with Crippen molar-refractivity contribution >= 4 is 23.2 Å². The number of aromatic nitrogens is 3. The third-order valence-electron chi connectivity index (χ3n) is 5.31. The van der Waals surface area contributed by atoms with Crippen LogP contribution in [0.4, 0.5) is 5.95 Å². The second-order valence-corrected chi connectivity index (χ2v) is 9.67. The summed E-state index contributed by atoms with van der Waals surface area (Å²) >= 11 is 1.64. The zero-order valence-corrected chi connectivity index (χ0v) is 18.8. The van der Waals surface area contributed by atoms with Gasteiger partial charge in [0.05, 0.1) is 16.3 Å². The summed E-state index contributed by atoms with van der Waals surface area (Å²) in [6.45, 7) is 10.6. The molecule has 1 fully saturated rings. The van der Waals surface area contributed by atoms with E-state index in [1.165, 1.54) is 5.56 Å². The first-order valence-corrected chi connectivity index (χ1v) is 11.1. The van der Waals surface area contributed by atoms with Crippen molar-refractivity contribution in [3.8, 4) is 21.1 Å². The van der Waals surface area contributed by atoms with Gasteiger partial charge < -0.3 is 10.6 Å². The van der Waals surface area contributed by atoms with Gasteiger partial charge in [0, 0.05) is 24.8 Å². The smallest absolute Gasteiger partial charge is 0.253 e. The summed E-state index contributed by atoms with van der Waals surface area (Å²) in [5, 5.41) is 0.989. The Balaban J connectivity index is 1.61. The number of hydrogen-bond acceptors (Lipinski definition) is 5. The SMILES string of the molecule is Cc1nc(-c2ccc(C(C)(C)C)cc2)sc1-c1ccnc(N=C(N)N2CCCC2)n1. The lowest BCUT2D eigenvalue weighted by molar-refractivity contribution is 0.513. The summed E-state index contributed by atoms with van der Waals surface area (Å²) in [5.41, 5.74) is 10.5. The average molecular weight is 421 g/mol. The maximum absolute atomic E-state index is 6.14. The average Bonchev–Trinajstić information content (AvgIpc) is 3.38. The lowest BCUT2D eigenvalue weighted by Gasteiger charge is -2.18. The Labute approximate surface area is 181 Å². The van der Waals surface area contributed by atoms with Crippen molar-refractivity contribution in [2.45, 2.75) is 46.0 Å². The molecule has 7 heteroatoms. The summed E-state index contributed by atoms with van der Waals surface area (Å²) in [5.74, 6) is 0.881. The molecule has 156 valence electrons. The molecule has 0 bridgehead atoms. The van der Waals surface area contributed by atoms with Crippen LogP contribution >= 0.6 is 11.3 Å². The molecule has 1 aliphatic heterocycles. The number of nitrogens with zero attached hydrogens (tertiary/aromatic N) is 5. The lowest BCUT2D eigenvalue weighted by atomic mass is 9.87. The molecule has 0 spiro atoms. The number of rotatable bonds is 3. The van der Waals surface area contributed by atoms with E-state index in [-0.39, 0.29) is 5.41 Å².